The predicted molar refractivity (Wildman–Crippen MR) is 62.3 cm³/mol. The molecule has 0 atom stereocenters. The fourth-order valence-electron chi connectivity index (χ4n) is 1.52. The number of rotatable bonds is 5. The number of nitro groups is 1. The minimum atomic E-state index is -0.393. The molecular weight excluding hydrogens is 220 g/mol. The second kappa shape index (κ2) is 5.27. The van der Waals surface area contributed by atoms with Crippen molar-refractivity contribution < 1.29 is 9.34 Å². The molecule has 1 aromatic carbocycles. The van der Waals surface area contributed by atoms with Crippen LogP contribution in [0.2, 0.25) is 0 Å². The van der Waals surface area contributed by atoms with E-state index in [0.717, 1.165) is 11.3 Å². The molecule has 0 amide bonds. The molecular formula is C12H12N2O3. The number of hydrogen-bond donors (Lipinski definition) is 1. The topological polar surface area (TPSA) is 68.3 Å². The van der Waals surface area contributed by atoms with Crippen LogP contribution in [0.4, 0.5) is 5.69 Å². The highest BCUT2D eigenvalue weighted by Crippen LogP contribution is 2.12. The van der Waals surface area contributed by atoms with Crippen molar-refractivity contribution in [3.8, 4) is 0 Å². The van der Waals surface area contributed by atoms with E-state index in [1.807, 2.05) is 18.2 Å². The summed E-state index contributed by atoms with van der Waals surface area (Å²) in [5, 5.41) is 13.7. The Labute approximate surface area is 98.2 Å². The zero-order chi connectivity index (χ0) is 12.1. The second-order valence-electron chi connectivity index (χ2n) is 3.61. The number of non-ortho nitro benzene ring substituents is 1. The Bertz CT molecular complexity index is 494. The van der Waals surface area contributed by atoms with Crippen molar-refractivity contribution in [3.05, 3.63) is 64.1 Å². The van der Waals surface area contributed by atoms with E-state index in [1.54, 1.807) is 18.4 Å². The van der Waals surface area contributed by atoms with Gasteiger partial charge in [-0.1, -0.05) is 12.1 Å². The summed E-state index contributed by atoms with van der Waals surface area (Å²) < 4.78 is 5.16. The number of hydrogen-bond acceptors (Lipinski definition) is 4. The molecule has 1 heterocycles. The number of benzene rings is 1. The Morgan fingerprint density at radius 3 is 2.82 bits per heavy atom. The molecule has 2 aromatic rings. The van der Waals surface area contributed by atoms with Crippen molar-refractivity contribution in [2.45, 2.75) is 13.1 Å². The summed E-state index contributed by atoms with van der Waals surface area (Å²) in [4.78, 5) is 10.2. The Hall–Kier alpha value is -2.14. The van der Waals surface area contributed by atoms with E-state index in [1.165, 1.54) is 6.07 Å². The largest absolute Gasteiger partial charge is 0.468 e. The first-order chi connectivity index (χ1) is 8.25. The SMILES string of the molecule is O=[N+]([O-])c1cccc(CNCc2ccco2)c1. The average Bonchev–Trinajstić information content (AvgIpc) is 2.82. The van der Waals surface area contributed by atoms with Crippen LogP contribution < -0.4 is 5.32 Å². The van der Waals surface area contributed by atoms with Gasteiger partial charge in [0.2, 0.25) is 0 Å². The molecule has 0 saturated heterocycles. The van der Waals surface area contributed by atoms with Crippen LogP contribution in [0.3, 0.4) is 0 Å². The maximum Gasteiger partial charge on any atom is 0.269 e. The predicted octanol–water partition coefficient (Wildman–Crippen LogP) is 2.48. The third kappa shape index (κ3) is 3.15. The van der Waals surface area contributed by atoms with Crippen LogP contribution in [0, 0.1) is 10.1 Å². The maximum absolute atomic E-state index is 10.6. The summed E-state index contributed by atoms with van der Waals surface area (Å²) in [5.74, 6) is 0.843. The van der Waals surface area contributed by atoms with E-state index >= 15 is 0 Å². The van der Waals surface area contributed by atoms with Gasteiger partial charge in [0.15, 0.2) is 0 Å². The van der Waals surface area contributed by atoms with Gasteiger partial charge in [-0.3, -0.25) is 10.1 Å². The molecule has 0 fully saturated rings. The number of nitrogens with one attached hydrogen (secondary N) is 1. The van der Waals surface area contributed by atoms with Gasteiger partial charge in [-0.25, -0.2) is 0 Å². The van der Waals surface area contributed by atoms with Gasteiger partial charge in [-0.15, -0.1) is 0 Å². The third-order valence-electron chi connectivity index (χ3n) is 2.33. The minimum Gasteiger partial charge on any atom is -0.468 e. The molecule has 0 bridgehead atoms. The van der Waals surface area contributed by atoms with E-state index < -0.39 is 4.92 Å². The number of furan rings is 1. The van der Waals surface area contributed by atoms with E-state index in [9.17, 15) is 10.1 Å². The molecule has 0 unspecified atom stereocenters. The summed E-state index contributed by atoms with van der Waals surface area (Å²) in [5.41, 5.74) is 0.994. The van der Waals surface area contributed by atoms with Crippen molar-refractivity contribution in [1.29, 1.82) is 0 Å². The first-order valence-corrected chi connectivity index (χ1v) is 5.22. The van der Waals surface area contributed by atoms with Crippen LogP contribution in [0.15, 0.2) is 47.1 Å². The standard InChI is InChI=1S/C12H12N2O3/c15-14(16)11-4-1-3-10(7-11)8-13-9-12-5-2-6-17-12/h1-7,13H,8-9H2. The molecule has 0 spiro atoms. The molecule has 5 heteroatoms. The molecule has 0 saturated carbocycles. The quantitative estimate of drug-likeness (QED) is 0.635. The average molecular weight is 232 g/mol. The molecule has 17 heavy (non-hydrogen) atoms. The van der Waals surface area contributed by atoms with E-state index in [-0.39, 0.29) is 5.69 Å². The van der Waals surface area contributed by atoms with Gasteiger partial charge >= 0.3 is 0 Å². The Balaban J connectivity index is 1.90. The molecule has 0 aliphatic heterocycles. The maximum atomic E-state index is 10.6. The van der Waals surface area contributed by atoms with Crippen molar-refractivity contribution in [2.24, 2.45) is 0 Å². The van der Waals surface area contributed by atoms with Crippen LogP contribution in [0.1, 0.15) is 11.3 Å². The third-order valence-corrected chi connectivity index (χ3v) is 2.33. The van der Waals surface area contributed by atoms with Gasteiger partial charge in [-0.05, 0) is 17.7 Å². The van der Waals surface area contributed by atoms with Crippen molar-refractivity contribution in [2.75, 3.05) is 0 Å². The Morgan fingerprint density at radius 1 is 1.24 bits per heavy atom. The molecule has 1 aromatic heterocycles. The van der Waals surface area contributed by atoms with Gasteiger partial charge in [0.1, 0.15) is 5.76 Å². The van der Waals surface area contributed by atoms with Gasteiger partial charge in [0.25, 0.3) is 5.69 Å². The normalized spacial score (nSPS) is 10.4. The van der Waals surface area contributed by atoms with Crippen molar-refractivity contribution in [3.63, 3.8) is 0 Å². The lowest BCUT2D eigenvalue weighted by molar-refractivity contribution is -0.384. The van der Waals surface area contributed by atoms with E-state index in [4.69, 9.17) is 4.42 Å². The highest BCUT2D eigenvalue weighted by Gasteiger charge is 2.05. The highest BCUT2D eigenvalue weighted by molar-refractivity contribution is 5.34. The summed E-state index contributed by atoms with van der Waals surface area (Å²) in [6.45, 7) is 1.18. The first-order valence-electron chi connectivity index (χ1n) is 5.22. The fourth-order valence-corrected chi connectivity index (χ4v) is 1.52. The van der Waals surface area contributed by atoms with E-state index in [0.29, 0.717) is 13.1 Å². The first kappa shape index (κ1) is 11.3. The lowest BCUT2D eigenvalue weighted by Gasteiger charge is -2.02. The number of nitro benzene ring substituents is 1. The van der Waals surface area contributed by atoms with E-state index in [2.05, 4.69) is 5.32 Å². The lowest BCUT2D eigenvalue weighted by Crippen LogP contribution is -2.12. The molecule has 0 radical (unpaired) electrons. The van der Waals surface area contributed by atoms with Gasteiger partial charge in [-0.2, -0.15) is 0 Å². The number of nitrogens with zero attached hydrogens (tertiary/aromatic N) is 1. The highest BCUT2D eigenvalue weighted by atomic mass is 16.6. The minimum absolute atomic E-state index is 0.113. The van der Waals surface area contributed by atoms with Crippen LogP contribution >= 0.6 is 0 Å². The van der Waals surface area contributed by atoms with Crippen LogP contribution in [-0.4, -0.2) is 4.92 Å². The van der Waals surface area contributed by atoms with Crippen molar-refractivity contribution >= 4 is 5.69 Å². The van der Waals surface area contributed by atoms with Crippen LogP contribution in [0.25, 0.3) is 0 Å². The zero-order valence-corrected chi connectivity index (χ0v) is 9.13. The monoisotopic (exact) mass is 232 g/mol. The molecule has 5 nitrogen and oxygen atoms in total. The van der Waals surface area contributed by atoms with Crippen LogP contribution in [-0.2, 0) is 13.1 Å². The second-order valence-corrected chi connectivity index (χ2v) is 3.61. The molecule has 0 aliphatic rings. The van der Waals surface area contributed by atoms with Gasteiger partial charge in [0.05, 0.1) is 17.7 Å². The molecule has 2 rings (SSSR count). The van der Waals surface area contributed by atoms with Crippen molar-refractivity contribution in [1.82, 2.24) is 5.32 Å². The summed E-state index contributed by atoms with van der Waals surface area (Å²) in [6.07, 6.45) is 1.62. The summed E-state index contributed by atoms with van der Waals surface area (Å²) in [7, 11) is 0. The Kier molecular flexibility index (Phi) is 3.52. The summed E-state index contributed by atoms with van der Waals surface area (Å²) >= 11 is 0. The zero-order valence-electron chi connectivity index (χ0n) is 9.13. The van der Waals surface area contributed by atoms with Crippen LogP contribution in [0.5, 0.6) is 0 Å². The smallest absolute Gasteiger partial charge is 0.269 e. The molecule has 1 N–H and O–H groups in total. The van der Waals surface area contributed by atoms with Gasteiger partial charge in [0, 0.05) is 18.7 Å². The molecule has 88 valence electrons. The summed E-state index contributed by atoms with van der Waals surface area (Å²) in [6, 6.07) is 10.3. The Morgan fingerprint density at radius 2 is 2.12 bits per heavy atom. The lowest BCUT2D eigenvalue weighted by atomic mass is 10.2. The van der Waals surface area contributed by atoms with Gasteiger partial charge < -0.3 is 9.73 Å². The fraction of sp³-hybridized carbons (Fsp3) is 0.167. The molecule has 0 aliphatic carbocycles.